The largest absolute Gasteiger partial charge is 0.418 e. The highest BCUT2D eigenvalue weighted by Gasteiger charge is 2.42. The first-order chi connectivity index (χ1) is 16.7. The van der Waals surface area contributed by atoms with Crippen molar-refractivity contribution < 1.29 is 21.6 Å². The number of rotatable bonds is 6. The first-order valence-corrected chi connectivity index (χ1v) is 12.8. The van der Waals surface area contributed by atoms with Gasteiger partial charge in [-0.15, -0.1) is 10.2 Å². The van der Waals surface area contributed by atoms with Crippen LogP contribution in [0.5, 0.6) is 0 Å². The maximum absolute atomic E-state index is 13.3. The molecule has 1 saturated heterocycles. The monoisotopic (exact) mass is 503 g/mol. The summed E-state index contributed by atoms with van der Waals surface area (Å²) in [7, 11) is -3.72. The van der Waals surface area contributed by atoms with Crippen LogP contribution >= 0.6 is 0 Å². The van der Waals surface area contributed by atoms with Gasteiger partial charge < -0.3 is 5.32 Å². The van der Waals surface area contributed by atoms with Gasteiger partial charge in [0.2, 0.25) is 9.84 Å². The van der Waals surface area contributed by atoms with E-state index in [1.165, 1.54) is 30.5 Å². The second kappa shape index (κ2) is 9.19. The summed E-state index contributed by atoms with van der Waals surface area (Å²) in [5.74, 6) is 1.25. The van der Waals surface area contributed by atoms with Crippen molar-refractivity contribution in [2.24, 2.45) is 11.8 Å². The summed E-state index contributed by atoms with van der Waals surface area (Å²) in [6.45, 7) is 1.62. The Kier molecular flexibility index (Phi) is 6.22. The van der Waals surface area contributed by atoms with Crippen molar-refractivity contribution in [2.45, 2.75) is 41.5 Å². The van der Waals surface area contributed by atoms with E-state index in [2.05, 4.69) is 20.5 Å². The summed E-state index contributed by atoms with van der Waals surface area (Å²) >= 11 is 0. The predicted octanol–water partition coefficient (Wildman–Crippen LogP) is 4.05. The van der Waals surface area contributed by atoms with Crippen LogP contribution < -0.4 is 5.32 Å². The fraction of sp³-hybridized carbons (Fsp3) is 0.375. The number of hydrogen-bond acceptors (Lipinski definition) is 7. The number of benzene rings is 1. The quantitative estimate of drug-likeness (QED) is 0.543. The average Bonchev–Trinajstić information content (AvgIpc) is 3.37. The standard InChI is InChI=1S/C24H24F3N5O2S/c25-24(26,27)20-7-4-10-28-21(20)15-32-13-16-11-18(12-17(16)14-32)29-22-8-9-23(31-30-22)35(33,34)19-5-2-1-3-6-19/h1-10,16-18H,11-15H2,(H,29,30)/t16-,17+,18?. The van der Waals surface area contributed by atoms with Crippen molar-refractivity contribution >= 4 is 15.7 Å². The number of nitrogens with zero attached hydrogens (tertiary/aromatic N) is 4. The summed E-state index contributed by atoms with van der Waals surface area (Å²) in [6, 6.07) is 13.7. The maximum atomic E-state index is 13.3. The van der Waals surface area contributed by atoms with Gasteiger partial charge in [0.25, 0.3) is 0 Å². The molecule has 0 amide bonds. The molecule has 2 fully saturated rings. The number of sulfone groups is 1. The Morgan fingerprint density at radius 1 is 0.943 bits per heavy atom. The van der Waals surface area contributed by atoms with Crippen LogP contribution in [-0.2, 0) is 22.6 Å². The number of nitrogens with one attached hydrogen (secondary N) is 1. The predicted molar refractivity (Wildman–Crippen MR) is 122 cm³/mol. The second-order valence-electron chi connectivity index (χ2n) is 9.10. The third kappa shape index (κ3) is 5.01. The molecule has 3 aromatic rings. The van der Waals surface area contributed by atoms with Crippen molar-refractivity contribution in [1.82, 2.24) is 20.1 Å². The minimum absolute atomic E-state index is 0.0652. The Bertz CT molecular complexity index is 1270. The Morgan fingerprint density at radius 3 is 2.29 bits per heavy atom. The number of aromatic nitrogens is 3. The molecule has 1 aliphatic heterocycles. The van der Waals surface area contributed by atoms with Gasteiger partial charge in [0.15, 0.2) is 5.03 Å². The lowest BCUT2D eigenvalue weighted by molar-refractivity contribution is -0.138. The molecule has 2 aliphatic rings. The zero-order valence-electron chi connectivity index (χ0n) is 18.7. The number of alkyl halides is 3. The van der Waals surface area contributed by atoms with Crippen LogP contribution in [0.15, 0.2) is 70.7 Å². The minimum Gasteiger partial charge on any atom is -0.366 e. The summed E-state index contributed by atoms with van der Waals surface area (Å²) < 4.78 is 65.2. The van der Waals surface area contributed by atoms with Crippen molar-refractivity contribution in [3.63, 3.8) is 0 Å². The molecule has 35 heavy (non-hydrogen) atoms. The van der Waals surface area contributed by atoms with Crippen molar-refractivity contribution in [1.29, 1.82) is 0 Å². The molecule has 1 unspecified atom stereocenters. The first kappa shape index (κ1) is 23.7. The van der Waals surface area contributed by atoms with E-state index < -0.39 is 21.6 Å². The summed E-state index contributed by atoms with van der Waals surface area (Å²) in [5.41, 5.74) is -0.608. The molecule has 1 N–H and O–H groups in total. The molecule has 7 nitrogen and oxygen atoms in total. The number of fused-ring (bicyclic) bond motifs is 1. The van der Waals surface area contributed by atoms with E-state index in [1.54, 1.807) is 24.3 Å². The van der Waals surface area contributed by atoms with Gasteiger partial charge in [0.1, 0.15) is 5.82 Å². The van der Waals surface area contributed by atoms with Gasteiger partial charge in [-0.1, -0.05) is 18.2 Å². The number of pyridine rings is 1. The molecule has 3 atom stereocenters. The van der Waals surface area contributed by atoms with E-state index >= 15 is 0 Å². The van der Waals surface area contributed by atoms with E-state index in [0.717, 1.165) is 32.0 Å². The molecule has 3 heterocycles. The minimum atomic E-state index is -4.41. The first-order valence-electron chi connectivity index (χ1n) is 11.3. The molecule has 11 heteroatoms. The molecule has 0 spiro atoms. The highest BCUT2D eigenvalue weighted by molar-refractivity contribution is 7.91. The van der Waals surface area contributed by atoms with Crippen LogP contribution in [0, 0.1) is 11.8 Å². The van der Waals surface area contributed by atoms with Crippen LogP contribution in [0.1, 0.15) is 24.1 Å². The van der Waals surface area contributed by atoms with E-state index in [-0.39, 0.29) is 28.2 Å². The number of likely N-dealkylation sites (tertiary alicyclic amines) is 1. The van der Waals surface area contributed by atoms with Gasteiger partial charge in [-0.2, -0.15) is 13.2 Å². The van der Waals surface area contributed by atoms with E-state index in [1.807, 2.05) is 4.90 Å². The van der Waals surface area contributed by atoms with Gasteiger partial charge in [-0.3, -0.25) is 9.88 Å². The molecule has 0 bridgehead atoms. The molecule has 0 radical (unpaired) electrons. The van der Waals surface area contributed by atoms with Crippen LogP contribution in [0.2, 0.25) is 0 Å². The zero-order valence-corrected chi connectivity index (χ0v) is 19.5. The normalized spacial score (nSPS) is 22.8. The number of halogens is 3. The van der Waals surface area contributed by atoms with Crippen molar-refractivity contribution in [3.8, 4) is 0 Å². The SMILES string of the molecule is O=S(=O)(c1ccccc1)c1ccc(NC2C[C@@H]3CN(Cc4ncccc4C(F)(F)F)C[C@@H]3C2)nn1. The molecule has 5 rings (SSSR count). The molecule has 2 aromatic heterocycles. The molecular weight excluding hydrogens is 479 g/mol. The molecule has 1 saturated carbocycles. The van der Waals surface area contributed by atoms with Crippen LogP contribution in [0.25, 0.3) is 0 Å². The summed E-state index contributed by atoms with van der Waals surface area (Å²) in [4.78, 5) is 6.20. The van der Waals surface area contributed by atoms with E-state index in [4.69, 9.17) is 0 Å². The van der Waals surface area contributed by atoms with Gasteiger partial charge in [0, 0.05) is 31.9 Å². The number of hydrogen-bond donors (Lipinski definition) is 1. The van der Waals surface area contributed by atoms with E-state index in [0.29, 0.717) is 17.7 Å². The maximum Gasteiger partial charge on any atom is 0.418 e. The lowest BCUT2D eigenvalue weighted by Crippen LogP contribution is -2.26. The topological polar surface area (TPSA) is 88.1 Å². The Labute approximate surface area is 201 Å². The molecule has 1 aliphatic carbocycles. The van der Waals surface area contributed by atoms with Gasteiger partial charge >= 0.3 is 6.18 Å². The second-order valence-corrected chi connectivity index (χ2v) is 11.0. The Balaban J connectivity index is 1.18. The summed E-state index contributed by atoms with van der Waals surface area (Å²) in [6.07, 6.45) is -1.29. The fourth-order valence-corrected chi connectivity index (χ4v) is 6.30. The lowest BCUT2D eigenvalue weighted by Gasteiger charge is -2.21. The van der Waals surface area contributed by atoms with Gasteiger partial charge in [-0.25, -0.2) is 8.42 Å². The average molecular weight is 504 g/mol. The smallest absolute Gasteiger partial charge is 0.366 e. The lowest BCUT2D eigenvalue weighted by atomic mass is 10.0. The molecule has 184 valence electrons. The van der Waals surface area contributed by atoms with Crippen molar-refractivity contribution in [2.75, 3.05) is 18.4 Å². The molecule has 1 aromatic carbocycles. The summed E-state index contributed by atoms with van der Waals surface area (Å²) in [5, 5.41) is 11.2. The van der Waals surface area contributed by atoms with E-state index in [9.17, 15) is 21.6 Å². The Hall–Kier alpha value is -3.05. The highest BCUT2D eigenvalue weighted by atomic mass is 32.2. The van der Waals surface area contributed by atoms with Crippen LogP contribution in [0.3, 0.4) is 0 Å². The number of anilines is 1. The molecular formula is C24H24F3N5O2S. The highest BCUT2D eigenvalue weighted by Crippen LogP contribution is 2.40. The fourth-order valence-electron chi connectivity index (χ4n) is 5.15. The van der Waals surface area contributed by atoms with Crippen LogP contribution in [-0.4, -0.2) is 47.6 Å². The third-order valence-corrected chi connectivity index (χ3v) is 8.38. The third-order valence-electron chi connectivity index (χ3n) is 6.72. The Morgan fingerprint density at radius 2 is 1.66 bits per heavy atom. The van der Waals surface area contributed by atoms with Gasteiger partial charge in [0.05, 0.1) is 16.2 Å². The van der Waals surface area contributed by atoms with Gasteiger partial charge in [-0.05, 0) is 61.1 Å². The van der Waals surface area contributed by atoms with Crippen molar-refractivity contribution in [3.05, 3.63) is 72.1 Å². The zero-order chi connectivity index (χ0) is 24.6. The van der Waals surface area contributed by atoms with Crippen LogP contribution in [0.4, 0.5) is 19.0 Å².